The maximum Gasteiger partial charge on any atom is 0.471 e. The summed E-state index contributed by atoms with van der Waals surface area (Å²) in [5.74, 6) is -1.84. The quantitative estimate of drug-likeness (QED) is 0.531. The van der Waals surface area contributed by atoms with Gasteiger partial charge in [-0.1, -0.05) is 0 Å². The molecule has 0 atom stereocenters. The lowest BCUT2D eigenvalue weighted by molar-refractivity contribution is -0.186. The zero-order chi connectivity index (χ0) is 10.1. The molecule has 1 amide bonds. The van der Waals surface area contributed by atoms with Gasteiger partial charge in [-0.05, 0) is 5.57 Å². The maximum atomic E-state index is 11.8. The van der Waals surface area contributed by atoms with Gasteiger partial charge in [0.1, 0.15) is 0 Å². The fourth-order valence-corrected chi connectivity index (χ4v) is 0.949. The van der Waals surface area contributed by atoms with Crippen molar-refractivity contribution in [3.8, 4) is 6.07 Å². The molecule has 0 radical (unpaired) electrons. The number of alkyl halides is 3. The van der Waals surface area contributed by atoms with Crippen molar-refractivity contribution in [2.24, 2.45) is 0 Å². The van der Waals surface area contributed by atoms with E-state index < -0.39 is 12.1 Å². The monoisotopic (exact) mass is 190 g/mol. The lowest BCUT2D eigenvalue weighted by Crippen LogP contribution is -2.50. The molecule has 0 unspecified atom stereocenters. The van der Waals surface area contributed by atoms with E-state index in [0.717, 1.165) is 6.08 Å². The van der Waals surface area contributed by atoms with Crippen LogP contribution in [0.25, 0.3) is 0 Å². The van der Waals surface area contributed by atoms with Gasteiger partial charge in [0.25, 0.3) is 0 Å². The molecule has 0 saturated carbocycles. The van der Waals surface area contributed by atoms with Crippen molar-refractivity contribution in [1.82, 2.24) is 4.90 Å². The first kappa shape index (κ1) is 9.58. The highest BCUT2D eigenvalue weighted by molar-refractivity contribution is 5.83. The number of nitrogens with zero attached hydrogens (tertiary/aromatic N) is 2. The van der Waals surface area contributed by atoms with Crippen LogP contribution < -0.4 is 0 Å². The molecule has 1 aliphatic rings. The van der Waals surface area contributed by atoms with E-state index in [-0.39, 0.29) is 13.1 Å². The normalized spacial score (nSPS) is 16.2. The second-order valence-corrected chi connectivity index (χ2v) is 2.59. The fraction of sp³-hybridized carbons (Fsp3) is 0.429. The highest BCUT2D eigenvalue weighted by Gasteiger charge is 2.45. The highest BCUT2D eigenvalue weighted by Crippen LogP contribution is 2.23. The van der Waals surface area contributed by atoms with Crippen LogP contribution in [-0.2, 0) is 4.79 Å². The van der Waals surface area contributed by atoms with Crippen LogP contribution in [-0.4, -0.2) is 30.1 Å². The number of carbonyl (C=O) groups excluding carboxylic acids is 1. The molecule has 0 aromatic heterocycles. The van der Waals surface area contributed by atoms with E-state index in [2.05, 4.69) is 0 Å². The molecular formula is C7H5F3N2O. The summed E-state index contributed by atoms with van der Waals surface area (Å²) in [5, 5.41) is 8.13. The average Bonchev–Trinajstić information content (AvgIpc) is 1.92. The lowest BCUT2D eigenvalue weighted by Gasteiger charge is -2.33. The van der Waals surface area contributed by atoms with E-state index in [1.807, 2.05) is 0 Å². The Labute approximate surface area is 72.0 Å². The van der Waals surface area contributed by atoms with E-state index in [0.29, 0.717) is 10.5 Å². The predicted octanol–water partition coefficient (Wildman–Crippen LogP) is 0.841. The third-order valence-corrected chi connectivity index (χ3v) is 1.59. The van der Waals surface area contributed by atoms with Crippen molar-refractivity contribution in [1.29, 1.82) is 5.26 Å². The summed E-state index contributed by atoms with van der Waals surface area (Å²) in [6.45, 7) is -0.183. The van der Waals surface area contributed by atoms with Crippen LogP contribution in [0.5, 0.6) is 0 Å². The van der Waals surface area contributed by atoms with Gasteiger partial charge in [0.15, 0.2) is 0 Å². The van der Waals surface area contributed by atoms with Gasteiger partial charge in [-0.15, -0.1) is 0 Å². The standard InChI is InChI=1S/C7H5F3N2O/c8-7(9,10)6(13)12-3-5(4-12)1-2-11/h1H,3-4H2. The van der Waals surface area contributed by atoms with E-state index in [1.54, 1.807) is 6.07 Å². The average molecular weight is 190 g/mol. The highest BCUT2D eigenvalue weighted by atomic mass is 19.4. The van der Waals surface area contributed by atoms with Gasteiger partial charge in [0.2, 0.25) is 0 Å². The van der Waals surface area contributed by atoms with Crippen LogP contribution >= 0.6 is 0 Å². The minimum absolute atomic E-state index is 0.0914. The van der Waals surface area contributed by atoms with Crippen LogP contribution in [0.15, 0.2) is 11.6 Å². The molecule has 1 fully saturated rings. The molecule has 0 aromatic rings. The van der Waals surface area contributed by atoms with Gasteiger partial charge >= 0.3 is 12.1 Å². The topological polar surface area (TPSA) is 44.1 Å². The molecular weight excluding hydrogens is 185 g/mol. The van der Waals surface area contributed by atoms with E-state index in [9.17, 15) is 18.0 Å². The van der Waals surface area contributed by atoms with E-state index in [4.69, 9.17) is 5.26 Å². The number of nitriles is 1. The Morgan fingerprint density at radius 3 is 2.46 bits per heavy atom. The maximum absolute atomic E-state index is 11.8. The summed E-state index contributed by atoms with van der Waals surface area (Å²) in [4.78, 5) is 11.1. The first-order valence-corrected chi connectivity index (χ1v) is 3.39. The Kier molecular flexibility index (Phi) is 2.28. The van der Waals surface area contributed by atoms with Crippen LogP contribution in [0.2, 0.25) is 0 Å². The van der Waals surface area contributed by atoms with Gasteiger partial charge in [-0.2, -0.15) is 18.4 Å². The van der Waals surface area contributed by atoms with E-state index in [1.165, 1.54) is 0 Å². The summed E-state index contributed by atoms with van der Waals surface area (Å²) < 4.78 is 35.3. The number of hydrogen-bond donors (Lipinski definition) is 0. The molecule has 0 N–H and O–H groups in total. The van der Waals surface area contributed by atoms with E-state index >= 15 is 0 Å². The minimum atomic E-state index is -4.81. The van der Waals surface area contributed by atoms with Crippen LogP contribution in [0.4, 0.5) is 13.2 Å². The van der Waals surface area contributed by atoms with Gasteiger partial charge < -0.3 is 4.90 Å². The molecule has 0 aliphatic carbocycles. The van der Waals surface area contributed by atoms with Gasteiger partial charge in [0.05, 0.1) is 6.07 Å². The van der Waals surface area contributed by atoms with Gasteiger partial charge in [-0.3, -0.25) is 4.79 Å². The third kappa shape index (κ3) is 1.99. The summed E-state index contributed by atoms with van der Waals surface area (Å²) in [6, 6.07) is 1.69. The number of allylic oxidation sites excluding steroid dienone is 1. The van der Waals surface area contributed by atoms with Crippen molar-refractivity contribution in [2.75, 3.05) is 13.1 Å². The lowest BCUT2D eigenvalue weighted by atomic mass is 10.1. The van der Waals surface area contributed by atoms with Crippen LogP contribution in [0.1, 0.15) is 0 Å². The molecule has 1 aliphatic heterocycles. The first-order valence-electron chi connectivity index (χ1n) is 3.39. The molecule has 1 heterocycles. The SMILES string of the molecule is N#CC=C1CN(C(=O)C(F)(F)F)C1. The zero-order valence-electron chi connectivity index (χ0n) is 6.43. The van der Waals surface area contributed by atoms with Gasteiger partial charge in [-0.25, -0.2) is 0 Å². The Morgan fingerprint density at radius 2 is 2.08 bits per heavy atom. The number of likely N-dealkylation sites (tertiary alicyclic amines) is 1. The number of carbonyl (C=O) groups is 1. The number of halogens is 3. The van der Waals surface area contributed by atoms with Crippen LogP contribution in [0, 0.1) is 11.3 Å². The summed E-state index contributed by atoms with van der Waals surface area (Å²) in [5.41, 5.74) is 0.542. The first-order chi connectivity index (χ1) is 5.95. The molecule has 13 heavy (non-hydrogen) atoms. The van der Waals surface area contributed by atoms with Crippen molar-refractivity contribution in [2.45, 2.75) is 6.18 Å². The predicted molar refractivity (Wildman–Crippen MR) is 36.3 cm³/mol. The fourth-order valence-electron chi connectivity index (χ4n) is 0.949. The van der Waals surface area contributed by atoms with Crippen molar-refractivity contribution < 1.29 is 18.0 Å². The van der Waals surface area contributed by atoms with Crippen molar-refractivity contribution in [3.63, 3.8) is 0 Å². The number of hydrogen-bond acceptors (Lipinski definition) is 2. The molecule has 1 rings (SSSR count). The van der Waals surface area contributed by atoms with Gasteiger partial charge in [0, 0.05) is 19.2 Å². The second-order valence-electron chi connectivity index (χ2n) is 2.59. The minimum Gasteiger partial charge on any atom is -0.327 e. The summed E-state index contributed by atoms with van der Waals surface area (Å²) in [6.07, 6.45) is -3.65. The molecule has 0 aromatic carbocycles. The molecule has 6 heteroatoms. The number of rotatable bonds is 0. The molecule has 3 nitrogen and oxygen atoms in total. The van der Waals surface area contributed by atoms with Crippen molar-refractivity contribution in [3.05, 3.63) is 11.6 Å². The summed E-state index contributed by atoms with van der Waals surface area (Å²) in [7, 11) is 0. The second kappa shape index (κ2) is 3.09. The largest absolute Gasteiger partial charge is 0.471 e. The molecule has 1 saturated heterocycles. The molecule has 70 valence electrons. The Balaban J connectivity index is 2.50. The molecule has 0 spiro atoms. The zero-order valence-corrected chi connectivity index (χ0v) is 6.43. The smallest absolute Gasteiger partial charge is 0.327 e. The summed E-state index contributed by atoms with van der Waals surface area (Å²) >= 11 is 0. The number of amides is 1. The van der Waals surface area contributed by atoms with Crippen molar-refractivity contribution >= 4 is 5.91 Å². The third-order valence-electron chi connectivity index (χ3n) is 1.59. The molecule has 0 bridgehead atoms. The Bertz CT molecular complexity index is 292. The van der Waals surface area contributed by atoms with Crippen LogP contribution in [0.3, 0.4) is 0 Å². The Morgan fingerprint density at radius 1 is 1.54 bits per heavy atom. The Hall–Kier alpha value is -1.51.